The molecule has 86 valence electrons. The summed E-state index contributed by atoms with van der Waals surface area (Å²) in [5.74, 6) is 0.0122. The Hall–Kier alpha value is -1.57. The fraction of sp³-hybridized carbons (Fsp3) is 0.357. The van der Waals surface area contributed by atoms with Crippen LogP contribution in [-0.2, 0) is 4.79 Å². The largest absolute Gasteiger partial charge is 0.350 e. The lowest BCUT2D eigenvalue weighted by Crippen LogP contribution is -2.32. The van der Waals surface area contributed by atoms with E-state index >= 15 is 0 Å². The van der Waals surface area contributed by atoms with Crippen molar-refractivity contribution in [2.45, 2.75) is 33.2 Å². The first-order valence-electron chi connectivity index (χ1n) is 5.67. The van der Waals surface area contributed by atoms with Gasteiger partial charge in [0.25, 0.3) is 0 Å². The highest BCUT2D eigenvalue weighted by Crippen LogP contribution is 2.06. The zero-order chi connectivity index (χ0) is 12.0. The molecule has 0 aliphatic heterocycles. The number of rotatable bonds is 4. The number of carbonyl (C=O) groups is 1. The van der Waals surface area contributed by atoms with Crippen molar-refractivity contribution in [3.63, 3.8) is 0 Å². The Labute approximate surface area is 97.4 Å². The van der Waals surface area contributed by atoms with Gasteiger partial charge in [-0.1, -0.05) is 37.3 Å². The van der Waals surface area contributed by atoms with Gasteiger partial charge in [0.05, 0.1) is 0 Å². The molecule has 0 radical (unpaired) electrons. The molecule has 16 heavy (non-hydrogen) atoms. The first-order valence-corrected chi connectivity index (χ1v) is 5.67. The van der Waals surface area contributed by atoms with E-state index in [-0.39, 0.29) is 11.9 Å². The van der Waals surface area contributed by atoms with Gasteiger partial charge in [-0.05, 0) is 31.9 Å². The third-order valence-corrected chi connectivity index (χ3v) is 2.53. The van der Waals surface area contributed by atoms with Gasteiger partial charge in [-0.2, -0.15) is 0 Å². The minimum Gasteiger partial charge on any atom is -0.350 e. The van der Waals surface area contributed by atoms with Crippen LogP contribution in [0.15, 0.2) is 35.9 Å². The minimum atomic E-state index is 0.0122. The first kappa shape index (κ1) is 12.5. The van der Waals surface area contributed by atoms with E-state index in [4.69, 9.17) is 0 Å². The van der Waals surface area contributed by atoms with Crippen LogP contribution >= 0.6 is 0 Å². The Bertz CT molecular complexity index is 368. The molecular formula is C14H19NO. The summed E-state index contributed by atoms with van der Waals surface area (Å²) in [5, 5.41) is 2.94. The predicted octanol–water partition coefficient (Wildman–Crippen LogP) is 3.00. The molecule has 2 nitrogen and oxygen atoms in total. The highest BCUT2D eigenvalue weighted by molar-refractivity contribution is 5.97. The van der Waals surface area contributed by atoms with E-state index < -0.39 is 0 Å². The lowest BCUT2D eigenvalue weighted by Gasteiger charge is -2.11. The summed E-state index contributed by atoms with van der Waals surface area (Å²) in [6.45, 7) is 5.90. The summed E-state index contributed by atoms with van der Waals surface area (Å²) >= 11 is 0. The van der Waals surface area contributed by atoms with Crippen molar-refractivity contribution in [3.05, 3.63) is 41.5 Å². The van der Waals surface area contributed by atoms with E-state index in [0.717, 1.165) is 17.6 Å². The predicted molar refractivity (Wildman–Crippen MR) is 68.0 cm³/mol. The summed E-state index contributed by atoms with van der Waals surface area (Å²) in [4.78, 5) is 11.7. The van der Waals surface area contributed by atoms with Crippen molar-refractivity contribution in [2.75, 3.05) is 0 Å². The maximum absolute atomic E-state index is 11.7. The summed E-state index contributed by atoms with van der Waals surface area (Å²) in [6.07, 6.45) is 2.85. The van der Waals surface area contributed by atoms with Gasteiger partial charge in [0.15, 0.2) is 0 Å². The van der Waals surface area contributed by atoms with Crippen LogP contribution in [0.3, 0.4) is 0 Å². The fourth-order valence-electron chi connectivity index (χ4n) is 1.30. The quantitative estimate of drug-likeness (QED) is 0.772. The lowest BCUT2D eigenvalue weighted by molar-refractivity contribution is -0.117. The van der Waals surface area contributed by atoms with Crippen LogP contribution < -0.4 is 5.32 Å². The van der Waals surface area contributed by atoms with E-state index in [1.54, 1.807) is 0 Å². The molecule has 0 aliphatic rings. The Balaban J connectivity index is 2.67. The van der Waals surface area contributed by atoms with Gasteiger partial charge in [-0.3, -0.25) is 4.79 Å². The van der Waals surface area contributed by atoms with Crippen molar-refractivity contribution < 1.29 is 4.79 Å². The standard InChI is InChI=1S/C14H19NO/c1-4-12(3)15-14(16)11(2)10-13-8-6-5-7-9-13/h5-10,12H,4H2,1-3H3,(H,15,16)/b11-10+/t12-/m1/s1. The molecule has 1 amide bonds. The molecule has 0 saturated carbocycles. The summed E-state index contributed by atoms with van der Waals surface area (Å²) in [7, 11) is 0. The molecule has 0 unspecified atom stereocenters. The molecule has 0 fully saturated rings. The highest BCUT2D eigenvalue weighted by Gasteiger charge is 2.06. The van der Waals surface area contributed by atoms with E-state index in [2.05, 4.69) is 12.2 Å². The van der Waals surface area contributed by atoms with Gasteiger partial charge in [0.2, 0.25) is 5.91 Å². The first-order chi connectivity index (χ1) is 7.63. The Morgan fingerprint density at radius 2 is 2.00 bits per heavy atom. The van der Waals surface area contributed by atoms with Gasteiger partial charge in [0, 0.05) is 11.6 Å². The third-order valence-electron chi connectivity index (χ3n) is 2.53. The molecule has 0 bridgehead atoms. The van der Waals surface area contributed by atoms with Crippen LogP contribution in [0, 0.1) is 0 Å². The van der Waals surface area contributed by atoms with Crippen LogP contribution in [0.2, 0.25) is 0 Å². The Morgan fingerprint density at radius 1 is 1.38 bits per heavy atom. The number of amides is 1. The fourth-order valence-corrected chi connectivity index (χ4v) is 1.30. The summed E-state index contributed by atoms with van der Waals surface area (Å²) in [5.41, 5.74) is 1.80. The second-order valence-corrected chi connectivity index (χ2v) is 4.02. The van der Waals surface area contributed by atoms with Crippen LogP contribution in [0.5, 0.6) is 0 Å². The zero-order valence-corrected chi connectivity index (χ0v) is 10.2. The highest BCUT2D eigenvalue weighted by atomic mass is 16.1. The molecule has 1 rings (SSSR count). The molecule has 2 heteroatoms. The van der Waals surface area contributed by atoms with Gasteiger partial charge >= 0.3 is 0 Å². The smallest absolute Gasteiger partial charge is 0.247 e. The van der Waals surface area contributed by atoms with Crippen molar-refractivity contribution in [1.29, 1.82) is 0 Å². The molecule has 0 saturated heterocycles. The van der Waals surface area contributed by atoms with Crippen LogP contribution in [0.4, 0.5) is 0 Å². The molecule has 0 aromatic heterocycles. The molecule has 1 aromatic carbocycles. The molecular weight excluding hydrogens is 198 g/mol. The van der Waals surface area contributed by atoms with E-state index in [1.807, 2.05) is 50.3 Å². The van der Waals surface area contributed by atoms with Crippen LogP contribution in [0.1, 0.15) is 32.8 Å². The van der Waals surface area contributed by atoms with Gasteiger partial charge in [-0.25, -0.2) is 0 Å². The minimum absolute atomic E-state index is 0.0122. The lowest BCUT2D eigenvalue weighted by atomic mass is 10.1. The number of carbonyl (C=O) groups excluding carboxylic acids is 1. The maximum Gasteiger partial charge on any atom is 0.247 e. The molecule has 0 spiro atoms. The molecule has 1 N–H and O–H groups in total. The van der Waals surface area contributed by atoms with E-state index in [1.165, 1.54) is 0 Å². The number of benzene rings is 1. The van der Waals surface area contributed by atoms with E-state index in [9.17, 15) is 4.79 Å². The second-order valence-electron chi connectivity index (χ2n) is 4.02. The number of nitrogens with one attached hydrogen (secondary N) is 1. The van der Waals surface area contributed by atoms with Crippen LogP contribution in [-0.4, -0.2) is 11.9 Å². The number of hydrogen-bond donors (Lipinski definition) is 1. The normalized spacial score (nSPS) is 13.3. The van der Waals surface area contributed by atoms with E-state index in [0.29, 0.717) is 0 Å². The molecule has 1 atom stereocenters. The van der Waals surface area contributed by atoms with Crippen LogP contribution in [0.25, 0.3) is 6.08 Å². The summed E-state index contributed by atoms with van der Waals surface area (Å²) < 4.78 is 0. The number of hydrogen-bond acceptors (Lipinski definition) is 1. The Kier molecular flexibility index (Phi) is 4.77. The third kappa shape index (κ3) is 3.89. The SMILES string of the molecule is CC[C@@H](C)NC(=O)/C(C)=C/c1ccccc1. The van der Waals surface area contributed by atoms with Crippen molar-refractivity contribution >= 4 is 12.0 Å². The van der Waals surface area contributed by atoms with Gasteiger partial charge in [0.1, 0.15) is 0 Å². The average molecular weight is 217 g/mol. The molecule has 0 heterocycles. The monoisotopic (exact) mass is 217 g/mol. The molecule has 0 aliphatic carbocycles. The maximum atomic E-state index is 11.7. The zero-order valence-electron chi connectivity index (χ0n) is 10.2. The van der Waals surface area contributed by atoms with Crippen molar-refractivity contribution in [1.82, 2.24) is 5.32 Å². The average Bonchev–Trinajstić information content (AvgIpc) is 2.30. The molecule has 1 aromatic rings. The second kappa shape index (κ2) is 6.11. The van der Waals surface area contributed by atoms with Crippen molar-refractivity contribution in [2.24, 2.45) is 0 Å². The topological polar surface area (TPSA) is 29.1 Å². The van der Waals surface area contributed by atoms with Gasteiger partial charge < -0.3 is 5.32 Å². The Morgan fingerprint density at radius 3 is 2.56 bits per heavy atom. The summed E-state index contributed by atoms with van der Waals surface area (Å²) in [6, 6.07) is 10.1. The van der Waals surface area contributed by atoms with Gasteiger partial charge in [-0.15, -0.1) is 0 Å². The van der Waals surface area contributed by atoms with Crippen molar-refractivity contribution in [3.8, 4) is 0 Å².